The Labute approximate surface area is 92.1 Å². The lowest BCUT2D eigenvalue weighted by Crippen LogP contribution is -2.40. The van der Waals surface area contributed by atoms with E-state index in [0.29, 0.717) is 23.2 Å². The molecule has 3 rings (SSSR count). The lowest BCUT2D eigenvalue weighted by Gasteiger charge is -2.23. The van der Waals surface area contributed by atoms with Crippen LogP contribution in [0.5, 0.6) is 5.75 Å². The fourth-order valence-electron chi connectivity index (χ4n) is 1.64. The van der Waals surface area contributed by atoms with Crippen LogP contribution in [0, 0.1) is 0 Å². The van der Waals surface area contributed by atoms with Crippen LogP contribution in [-0.2, 0) is 0 Å². The summed E-state index contributed by atoms with van der Waals surface area (Å²) in [5, 5.41) is 16.7. The normalized spacial score (nSPS) is 16.0. The third-order valence-electron chi connectivity index (χ3n) is 2.72. The summed E-state index contributed by atoms with van der Waals surface area (Å²) in [5.41, 5.74) is 0.577. The fourth-order valence-corrected chi connectivity index (χ4v) is 1.64. The summed E-state index contributed by atoms with van der Waals surface area (Å²) in [4.78, 5) is 4.29. The van der Waals surface area contributed by atoms with E-state index in [1.165, 1.54) is 0 Å². The minimum atomic E-state index is 0.157. The van der Waals surface area contributed by atoms with E-state index >= 15 is 0 Å². The minimum absolute atomic E-state index is 0.157. The van der Waals surface area contributed by atoms with Gasteiger partial charge in [-0.2, -0.15) is 4.98 Å². The van der Waals surface area contributed by atoms with Gasteiger partial charge < -0.3 is 14.9 Å². The molecule has 5 nitrogen and oxygen atoms in total. The molecule has 0 amide bonds. The number of para-hydroxylation sites is 1. The second kappa shape index (κ2) is 3.61. The quantitative estimate of drug-likeness (QED) is 0.789. The predicted octanol–water partition coefficient (Wildman–Crippen LogP) is 1.13. The Hall–Kier alpha value is -1.88. The monoisotopic (exact) mass is 217 g/mol. The first-order chi connectivity index (χ1) is 7.84. The van der Waals surface area contributed by atoms with E-state index in [1.54, 1.807) is 18.2 Å². The zero-order chi connectivity index (χ0) is 11.0. The smallest absolute Gasteiger partial charge is 0.261 e. The molecule has 0 spiro atoms. The SMILES string of the molecule is Oc1ccccc1-c1nc(C2CNC2)no1. The molecule has 1 fully saturated rings. The van der Waals surface area contributed by atoms with E-state index in [1.807, 2.05) is 6.07 Å². The van der Waals surface area contributed by atoms with Gasteiger partial charge in [0.2, 0.25) is 0 Å². The number of aromatic nitrogens is 2. The summed E-state index contributed by atoms with van der Waals surface area (Å²) in [7, 11) is 0. The van der Waals surface area contributed by atoms with Crippen LogP contribution in [0.25, 0.3) is 11.5 Å². The molecular weight excluding hydrogens is 206 g/mol. The Morgan fingerprint density at radius 2 is 2.12 bits per heavy atom. The molecule has 0 radical (unpaired) electrons. The molecular formula is C11H11N3O2. The number of hydrogen-bond acceptors (Lipinski definition) is 5. The number of rotatable bonds is 2. The van der Waals surface area contributed by atoms with Crippen molar-refractivity contribution >= 4 is 0 Å². The topological polar surface area (TPSA) is 71.2 Å². The second-order valence-corrected chi connectivity index (χ2v) is 3.83. The molecule has 1 saturated heterocycles. The largest absolute Gasteiger partial charge is 0.507 e. The van der Waals surface area contributed by atoms with E-state index in [2.05, 4.69) is 15.5 Å². The number of phenolic OH excluding ortho intramolecular Hbond substituents is 1. The Kier molecular flexibility index (Phi) is 2.11. The van der Waals surface area contributed by atoms with Crippen LogP contribution in [0.3, 0.4) is 0 Å². The highest BCUT2D eigenvalue weighted by Gasteiger charge is 2.24. The van der Waals surface area contributed by atoms with Crippen molar-refractivity contribution in [1.29, 1.82) is 0 Å². The van der Waals surface area contributed by atoms with Gasteiger partial charge in [0, 0.05) is 19.0 Å². The van der Waals surface area contributed by atoms with Crippen molar-refractivity contribution in [1.82, 2.24) is 15.5 Å². The molecule has 1 aromatic heterocycles. The van der Waals surface area contributed by atoms with Gasteiger partial charge in [-0.3, -0.25) is 0 Å². The molecule has 5 heteroatoms. The third kappa shape index (κ3) is 1.45. The van der Waals surface area contributed by atoms with Crippen molar-refractivity contribution in [2.24, 2.45) is 0 Å². The summed E-state index contributed by atoms with van der Waals surface area (Å²) >= 11 is 0. The Morgan fingerprint density at radius 3 is 2.81 bits per heavy atom. The van der Waals surface area contributed by atoms with E-state index in [9.17, 15) is 5.11 Å². The molecule has 0 saturated carbocycles. The predicted molar refractivity (Wildman–Crippen MR) is 57.0 cm³/mol. The lowest BCUT2D eigenvalue weighted by atomic mass is 10.0. The number of hydrogen-bond donors (Lipinski definition) is 2. The van der Waals surface area contributed by atoms with E-state index in [0.717, 1.165) is 13.1 Å². The van der Waals surface area contributed by atoms with E-state index in [4.69, 9.17) is 4.52 Å². The highest BCUT2D eigenvalue weighted by Crippen LogP contribution is 2.28. The molecule has 1 aliphatic rings. The summed E-state index contributed by atoms with van der Waals surface area (Å²) in [6, 6.07) is 6.94. The molecule has 2 N–H and O–H groups in total. The zero-order valence-corrected chi connectivity index (χ0v) is 8.55. The number of nitrogens with one attached hydrogen (secondary N) is 1. The standard InChI is InChI=1S/C11H11N3O2/c15-9-4-2-1-3-8(9)11-13-10(14-16-11)7-5-12-6-7/h1-4,7,12,15H,5-6H2. The highest BCUT2D eigenvalue weighted by atomic mass is 16.5. The van der Waals surface area contributed by atoms with Crippen LogP contribution >= 0.6 is 0 Å². The second-order valence-electron chi connectivity index (χ2n) is 3.83. The first kappa shape index (κ1) is 9.35. The molecule has 2 aromatic rings. The Bertz CT molecular complexity index is 505. The van der Waals surface area contributed by atoms with Crippen molar-refractivity contribution < 1.29 is 9.63 Å². The summed E-state index contributed by atoms with van der Waals surface area (Å²) in [5.74, 6) is 1.57. The van der Waals surface area contributed by atoms with Gasteiger partial charge in [0.1, 0.15) is 5.75 Å². The Morgan fingerprint density at radius 1 is 1.31 bits per heavy atom. The van der Waals surface area contributed by atoms with Gasteiger partial charge in [-0.15, -0.1) is 0 Å². The average Bonchev–Trinajstić information content (AvgIpc) is 2.65. The first-order valence-electron chi connectivity index (χ1n) is 5.17. The van der Waals surface area contributed by atoms with Crippen molar-refractivity contribution in [3.8, 4) is 17.2 Å². The van der Waals surface area contributed by atoms with Crippen LogP contribution < -0.4 is 5.32 Å². The average molecular weight is 217 g/mol. The van der Waals surface area contributed by atoms with Crippen LogP contribution in [0.2, 0.25) is 0 Å². The maximum Gasteiger partial charge on any atom is 0.261 e. The van der Waals surface area contributed by atoms with Crippen molar-refractivity contribution in [2.45, 2.75) is 5.92 Å². The minimum Gasteiger partial charge on any atom is -0.507 e. The summed E-state index contributed by atoms with van der Waals surface area (Å²) in [6.07, 6.45) is 0. The maximum atomic E-state index is 9.64. The van der Waals surface area contributed by atoms with Gasteiger partial charge in [-0.1, -0.05) is 17.3 Å². The molecule has 1 aliphatic heterocycles. The lowest BCUT2D eigenvalue weighted by molar-refractivity contribution is 0.381. The fraction of sp³-hybridized carbons (Fsp3) is 0.273. The van der Waals surface area contributed by atoms with Gasteiger partial charge in [0.05, 0.1) is 5.56 Å². The van der Waals surface area contributed by atoms with Crippen LogP contribution in [0.15, 0.2) is 28.8 Å². The van der Waals surface area contributed by atoms with Gasteiger partial charge in [-0.25, -0.2) is 0 Å². The molecule has 2 heterocycles. The van der Waals surface area contributed by atoms with Gasteiger partial charge in [0.25, 0.3) is 5.89 Å². The van der Waals surface area contributed by atoms with Crippen LogP contribution in [0.4, 0.5) is 0 Å². The maximum absolute atomic E-state index is 9.64. The van der Waals surface area contributed by atoms with Crippen molar-refractivity contribution in [3.05, 3.63) is 30.1 Å². The van der Waals surface area contributed by atoms with Crippen molar-refractivity contribution in [3.63, 3.8) is 0 Å². The van der Waals surface area contributed by atoms with Gasteiger partial charge in [-0.05, 0) is 12.1 Å². The Balaban J connectivity index is 1.95. The summed E-state index contributed by atoms with van der Waals surface area (Å²) < 4.78 is 5.14. The highest BCUT2D eigenvalue weighted by molar-refractivity contribution is 5.61. The van der Waals surface area contributed by atoms with Gasteiger partial charge >= 0.3 is 0 Å². The third-order valence-corrected chi connectivity index (χ3v) is 2.72. The molecule has 0 aliphatic carbocycles. The molecule has 0 unspecified atom stereocenters. The molecule has 0 atom stereocenters. The summed E-state index contributed by atoms with van der Waals surface area (Å²) in [6.45, 7) is 1.78. The number of phenols is 1. The first-order valence-corrected chi connectivity index (χ1v) is 5.17. The molecule has 82 valence electrons. The number of aromatic hydroxyl groups is 1. The van der Waals surface area contributed by atoms with E-state index < -0.39 is 0 Å². The van der Waals surface area contributed by atoms with Crippen molar-refractivity contribution in [2.75, 3.05) is 13.1 Å². The van der Waals surface area contributed by atoms with Gasteiger partial charge in [0.15, 0.2) is 5.82 Å². The molecule has 16 heavy (non-hydrogen) atoms. The van der Waals surface area contributed by atoms with E-state index in [-0.39, 0.29) is 5.75 Å². The zero-order valence-electron chi connectivity index (χ0n) is 8.55. The molecule has 1 aromatic carbocycles. The molecule has 0 bridgehead atoms. The number of nitrogens with zero attached hydrogens (tertiary/aromatic N) is 2. The number of benzene rings is 1. The van der Waals surface area contributed by atoms with Crippen LogP contribution in [-0.4, -0.2) is 28.3 Å². The van der Waals surface area contributed by atoms with Crippen LogP contribution in [0.1, 0.15) is 11.7 Å².